The summed E-state index contributed by atoms with van der Waals surface area (Å²) >= 11 is 0. The largest absolute Gasteiger partial charge is 0.492 e. The Morgan fingerprint density at radius 2 is 1.86 bits per heavy atom. The van der Waals surface area contributed by atoms with Crippen LogP contribution < -0.4 is 10.1 Å². The van der Waals surface area contributed by atoms with E-state index in [2.05, 4.69) is 24.4 Å². The first-order chi connectivity index (χ1) is 10.2. The Labute approximate surface area is 126 Å². The molecule has 1 N–H and O–H groups in total. The Bertz CT molecular complexity index is 556. The molecule has 2 rings (SSSR count). The fraction of sp³-hybridized carbons (Fsp3) is 0.333. The van der Waals surface area contributed by atoms with Gasteiger partial charge in [0.15, 0.2) is 0 Å². The summed E-state index contributed by atoms with van der Waals surface area (Å²) in [5.74, 6) is 0.295. The molecular weight excluding hydrogens is 265 g/mol. The lowest BCUT2D eigenvalue weighted by Crippen LogP contribution is -2.21. The third kappa shape index (κ3) is 4.48. The second-order valence-electron chi connectivity index (χ2n) is 5.01. The maximum Gasteiger partial charge on any atom is 0.145 e. The molecule has 0 aliphatic rings. The molecule has 112 valence electrons. The van der Waals surface area contributed by atoms with E-state index in [9.17, 15) is 4.39 Å². The molecule has 0 bridgehead atoms. The van der Waals surface area contributed by atoms with Gasteiger partial charge < -0.3 is 10.1 Å². The second kappa shape index (κ2) is 7.67. The van der Waals surface area contributed by atoms with E-state index in [1.54, 1.807) is 6.07 Å². The molecule has 0 heterocycles. The lowest BCUT2D eigenvalue weighted by molar-refractivity contribution is 0.339. The zero-order valence-electron chi connectivity index (χ0n) is 12.6. The van der Waals surface area contributed by atoms with Crippen molar-refractivity contribution < 1.29 is 9.13 Å². The van der Waals surface area contributed by atoms with Crippen LogP contribution in [0.5, 0.6) is 5.75 Å². The first-order valence-corrected chi connectivity index (χ1v) is 7.45. The van der Waals surface area contributed by atoms with Gasteiger partial charge in [0.2, 0.25) is 0 Å². The molecule has 2 nitrogen and oxygen atoms in total. The molecule has 0 fully saturated rings. The quantitative estimate of drug-likeness (QED) is 0.800. The highest BCUT2D eigenvalue weighted by atomic mass is 19.1. The number of anilines is 1. The van der Waals surface area contributed by atoms with Crippen LogP contribution in [0.2, 0.25) is 0 Å². The van der Waals surface area contributed by atoms with E-state index in [1.807, 2.05) is 25.1 Å². The summed E-state index contributed by atoms with van der Waals surface area (Å²) in [6.07, 6.45) is 1.91. The SMILES string of the molecule is CCOc1cc(F)ccc1NC(CC)Cc1ccccc1. The van der Waals surface area contributed by atoms with Gasteiger partial charge in [0, 0.05) is 12.1 Å². The normalized spacial score (nSPS) is 12.0. The Morgan fingerprint density at radius 1 is 1.10 bits per heavy atom. The summed E-state index contributed by atoms with van der Waals surface area (Å²) in [5, 5.41) is 3.47. The molecular formula is C18H22FNO. The maximum absolute atomic E-state index is 13.3. The van der Waals surface area contributed by atoms with Gasteiger partial charge in [-0.2, -0.15) is 0 Å². The summed E-state index contributed by atoms with van der Waals surface area (Å²) in [6.45, 7) is 4.56. The summed E-state index contributed by atoms with van der Waals surface area (Å²) in [4.78, 5) is 0. The molecule has 0 saturated heterocycles. The smallest absolute Gasteiger partial charge is 0.145 e. The third-order valence-corrected chi connectivity index (χ3v) is 3.42. The maximum atomic E-state index is 13.3. The molecule has 0 amide bonds. The highest BCUT2D eigenvalue weighted by molar-refractivity contribution is 5.57. The van der Waals surface area contributed by atoms with Crippen molar-refractivity contribution in [2.24, 2.45) is 0 Å². The highest BCUT2D eigenvalue weighted by Crippen LogP contribution is 2.27. The zero-order valence-corrected chi connectivity index (χ0v) is 12.6. The van der Waals surface area contributed by atoms with Gasteiger partial charge in [-0.1, -0.05) is 37.3 Å². The molecule has 2 aromatic rings. The van der Waals surface area contributed by atoms with E-state index in [4.69, 9.17) is 4.74 Å². The molecule has 1 unspecified atom stereocenters. The first kappa shape index (κ1) is 15.4. The predicted molar refractivity (Wildman–Crippen MR) is 85.4 cm³/mol. The van der Waals surface area contributed by atoms with Gasteiger partial charge in [0.25, 0.3) is 0 Å². The first-order valence-electron chi connectivity index (χ1n) is 7.45. The van der Waals surface area contributed by atoms with Gasteiger partial charge in [0.1, 0.15) is 11.6 Å². The summed E-state index contributed by atoms with van der Waals surface area (Å²) in [6, 6.07) is 15.3. The van der Waals surface area contributed by atoms with Crippen molar-refractivity contribution in [1.82, 2.24) is 0 Å². The molecule has 2 aromatic carbocycles. The topological polar surface area (TPSA) is 21.3 Å². The molecule has 0 radical (unpaired) electrons. The van der Waals surface area contributed by atoms with Crippen molar-refractivity contribution in [3.63, 3.8) is 0 Å². The number of hydrogen-bond donors (Lipinski definition) is 1. The van der Waals surface area contributed by atoms with Crippen LogP contribution in [0, 0.1) is 5.82 Å². The highest BCUT2D eigenvalue weighted by Gasteiger charge is 2.11. The van der Waals surface area contributed by atoms with E-state index in [0.717, 1.165) is 18.5 Å². The molecule has 0 saturated carbocycles. The summed E-state index contributed by atoms with van der Waals surface area (Å²) in [5.41, 5.74) is 2.14. The van der Waals surface area contributed by atoms with Crippen molar-refractivity contribution in [3.05, 3.63) is 59.9 Å². The van der Waals surface area contributed by atoms with Gasteiger partial charge >= 0.3 is 0 Å². The minimum absolute atomic E-state index is 0.278. The van der Waals surface area contributed by atoms with Crippen LogP contribution in [-0.2, 0) is 6.42 Å². The Morgan fingerprint density at radius 3 is 2.52 bits per heavy atom. The lowest BCUT2D eigenvalue weighted by Gasteiger charge is -2.20. The molecule has 21 heavy (non-hydrogen) atoms. The van der Waals surface area contributed by atoms with Gasteiger partial charge in [0.05, 0.1) is 12.3 Å². The van der Waals surface area contributed by atoms with Crippen LogP contribution in [0.15, 0.2) is 48.5 Å². The third-order valence-electron chi connectivity index (χ3n) is 3.42. The number of halogens is 1. The average molecular weight is 287 g/mol. The van der Waals surface area contributed by atoms with Crippen molar-refractivity contribution in [2.75, 3.05) is 11.9 Å². The van der Waals surface area contributed by atoms with E-state index >= 15 is 0 Å². The lowest BCUT2D eigenvalue weighted by atomic mass is 10.0. The Balaban J connectivity index is 2.11. The fourth-order valence-electron chi connectivity index (χ4n) is 2.31. The van der Waals surface area contributed by atoms with Gasteiger partial charge in [-0.15, -0.1) is 0 Å². The minimum Gasteiger partial charge on any atom is -0.492 e. The number of rotatable bonds is 7. The van der Waals surface area contributed by atoms with E-state index in [-0.39, 0.29) is 11.9 Å². The van der Waals surface area contributed by atoms with E-state index in [0.29, 0.717) is 12.4 Å². The van der Waals surface area contributed by atoms with Gasteiger partial charge in [-0.3, -0.25) is 0 Å². The van der Waals surface area contributed by atoms with Crippen molar-refractivity contribution >= 4 is 5.69 Å². The van der Waals surface area contributed by atoms with Crippen LogP contribution in [-0.4, -0.2) is 12.6 Å². The Kier molecular flexibility index (Phi) is 5.61. The van der Waals surface area contributed by atoms with Crippen LogP contribution in [0.25, 0.3) is 0 Å². The molecule has 3 heteroatoms. The number of hydrogen-bond acceptors (Lipinski definition) is 2. The molecule has 0 aromatic heterocycles. The van der Waals surface area contributed by atoms with E-state index < -0.39 is 0 Å². The average Bonchev–Trinajstić information content (AvgIpc) is 2.50. The monoisotopic (exact) mass is 287 g/mol. The second-order valence-corrected chi connectivity index (χ2v) is 5.01. The summed E-state index contributed by atoms with van der Waals surface area (Å²) < 4.78 is 18.8. The van der Waals surface area contributed by atoms with Gasteiger partial charge in [-0.05, 0) is 37.5 Å². The summed E-state index contributed by atoms with van der Waals surface area (Å²) in [7, 11) is 0. The van der Waals surface area contributed by atoms with Crippen LogP contribution in [0.4, 0.5) is 10.1 Å². The van der Waals surface area contributed by atoms with Crippen molar-refractivity contribution in [1.29, 1.82) is 0 Å². The molecule has 0 spiro atoms. The molecule has 0 aliphatic heterocycles. The van der Waals surface area contributed by atoms with Crippen LogP contribution >= 0.6 is 0 Å². The number of nitrogens with one attached hydrogen (secondary N) is 1. The fourth-order valence-corrected chi connectivity index (χ4v) is 2.31. The number of benzene rings is 2. The zero-order chi connectivity index (χ0) is 15.1. The molecule has 0 aliphatic carbocycles. The van der Waals surface area contributed by atoms with Crippen LogP contribution in [0.1, 0.15) is 25.8 Å². The predicted octanol–water partition coefficient (Wildman–Crippen LogP) is 4.66. The van der Waals surface area contributed by atoms with Crippen molar-refractivity contribution in [2.45, 2.75) is 32.7 Å². The van der Waals surface area contributed by atoms with Crippen LogP contribution in [0.3, 0.4) is 0 Å². The number of ether oxygens (including phenoxy) is 1. The molecule has 1 atom stereocenters. The Hall–Kier alpha value is -2.03. The minimum atomic E-state index is -0.278. The van der Waals surface area contributed by atoms with Gasteiger partial charge in [-0.25, -0.2) is 4.39 Å². The van der Waals surface area contributed by atoms with Crippen molar-refractivity contribution in [3.8, 4) is 5.75 Å². The standard InChI is InChI=1S/C18H22FNO/c1-3-16(12-14-8-6-5-7-9-14)20-17-11-10-15(19)13-18(17)21-4-2/h5-11,13,16,20H,3-4,12H2,1-2H3. The van der Waals surface area contributed by atoms with E-state index in [1.165, 1.54) is 17.7 Å².